The average Bonchev–Trinajstić information content (AvgIpc) is 2.68. The van der Waals surface area contributed by atoms with Gasteiger partial charge in [0.1, 0.15) is 0 Å². The number of hydrogen-bond acceptors (Lipinski definition) is 1. The lowest BCUT2D eigenvalue weighted by atomic mass is 10.0. The van der Waals surface area contributed by atoms with Crippen molar-refractivity contribution in [2.24, 2.45) is 0 Å². The summed E-state index contributed by atoms with van der Waals surface area (Å²) in [6, 6.07) is 7.40. The maximum Gasteiger partial charge on any atom is 0.416 e. The smallest absolute Gasteiger partial charge is 0.166 e. The fourth-order valence-corrected chi connectivity index (χ4v) is 4.52. The van der Waals surface area contributed by atoms with Gasteiger partial charge in [0.2, 0.25) is 0 Å². The minimum atomic E-state index is -4.35. The second-order valence-corrected chi connectivity index (χ2v) is 7.89. The highest BCUT2D eigenvalue weighted by Gasteiger charge is 2.35. The van der Waals surface area contributed by atoms with E-state index >= 15 is 0 Å². The summed E-state index contributed by atoms with van der Waals surface area (Å²) in [5, 5.41) is 0. The van der Waals surface area contributed by atoms with Gasteiger partial charge >= 0.3 is 6.18 Å². The molecule has 1 unspecified atom stereocenters. The lowest BCUT2D eigenvalue weighted by Crippen LogP contribution is -2.10. The molecule has 0 nitrogen and oxygen atoms in total. The topological polar surface area (TPSA) is 0 Å². The van der Waals surface area contributed by atoms with Crippen molar-refractivity contribution in [2.75, 3.05) is 0 Å². The van der Waals surface area contributed by atoms with Gasteiger partial charge in [0, 0.05) is 9.35 Å². The van der Waals surface area contributed by atoms with E-state index in [2.05, 4.69) is 47.8 Å². The Morgan fingerprint density at radius 1 is 1.11 bits per heavy atom. The number of halogens is 6. The maximum atomic E-state index is 13.0. The molecule has 0 aliphatic rings. The van der Waals surface area contributed by atoms with Crippen LogP contribution in [0.2, 0.25) is 0 Å². The van der Waals surface area contributed by atoms with Crippen LogP contribution in [0.25, 0.3) is 0 Å². The quantitative estimate of drug-likeness (QED) is 0.417. The first-order chi connectivity index (χ1) is 8.80. The maximum absolute atomic E-state index is 13.0. The second kappa shape index (κ2) is 5.87. The molecule has 19 heavy (non-hydrogen) atoms. The van der Waals surface area contributed by atoms with Gasteiger partial charge in [-0.1, -0.05) is 34.1 Å². The van der Waals surface area contributed by atoms with Crippen molar-refractivity contribution in [3.8, 4) is 0 Å². The molecule has 1 aromatic heterocycles. The Balaban J connectivity index is 2.47. The van der Waals surface area contributed by atoms with Crippen molar-refractivity contribution in [1.29, 1.82) is 0 Å². The summed E-state index contributed by atoms with van der Waals surface area (Å²) in [7, 11) is 0. The molecule has 0 saturated heterocycles. The Morgan fingerprint density at radius 2 is 1.74 bits per heavy atom. The minimum Gasteiger partial charge on any atom is -0.166 e. The second-order valence-electron chi connectivity index (χ2n) is 3.72. The molecule has 0 spiro atoms. The third-order valence-corrected chi connectivity index (χ3v) is 7.06. The molecule has 102 valence electrons. The van der Waals surface area contributed by atoms with Crippen LogP contribution in [0.5, 0.6) is 0 Å². The van der Waals surface area contributed by atoms with Crippen LogP contribution in [0.1, 0.15) is 20.8 Å². The first-order valence-corrected chi connectivity index (χ1v) is 8.37. The van der Waals surface area contributed by atoms with Crippen LogP contribution in [-0.2, 0) is 6.18 Å². The molecule has 2 aromatic rings. The molecule has 0 amide bonds. The van der Waals surface area contributed by atoms with E-state index < -0.39 is 16.6 Å². The molecule has 0 fully saturated rings. The van der Waals surface area contributed by atoms with Crippen molar-refractivity contribution < 1.29 is 13.2 Å². The highest BCUT2D eigenvalue weighted by atomic mass is 79.9. The molecule has 7 heteroatoms. The Labute approximate surface area is 137 Å². The highest BCUT2D eigenvalue weighted by Crippen LogP contribution is 2.44. The van der Waals surface area contributed by atoms with Crippen molar-refractivity contribution in [3.05, 3.63) is 54.6 Å². The van der Waals surface area contributed by atoms with Gasteiger partial charge < -0.3 is 0 Å². The third kappa shape index (κ3) is 3.43. The summed E-state index contributed by atoms with van der Waals surface area (Å²) in [6.45, 7) is 0. The van der Waals surface area contributed by atoms with Crippen LogP contribution in [0, 0.1) is 0 Å². The summed E-state index contributed by atoms with van der Waals surface area (Å²) in [6.07, 6.45) is -4.35. The standard InChI is InChI=1S/C12H6Br3F3S/c13-8-5-9(19-11(8)15)10(14)6-3-1-2-4-7(6)12(16,17)18/h1-5,10H. The predicted octanol–water partition coefficient (Wildman–Crippen LogP) is 6.78. The van der Waals surface area contributed by atoms with E-state index in [4.69, 9.17) is 0 Å². The van der Waals surface area contributed by atoms with Crippen LogP contribution < -0.4 is 0 Å². The van der Waals surface area contributed by atoms with Gasteiger partial charge in [-0.05, 0) is 49.6 Å². The molecule has 1 atom stereocenters. The molecular formula is C12H6Br3F3S. The van der Waals surface area contributed by atoms with Crippen molar-refractivity contribution in [2.45, 2.75) is 11.0 Å². The summed E-state index contributed by atoms with van der Waals surface area (Å²) >= 11 is 11.4. The molecule has 0 radical (unpaired) electrons. The van der Waals surface area contributed by atoms with Crippen LogP contribution >= 0.6 is 59.1 Å². The van der Waals surface area contributed by atoms with Crippen LogP contribution in [0.4, 0.5) is 13.2 Å². The molecule has 0 aliphatic heterocycles. The Hall–Kier alpha value is 0.150. The third-order valence-electron chi connectivity index (χ3n) is 2.45. The molecular weight excluding hydrogens is 473 g/mol. The zero-order chi connectivity index (χ0) is 14.2. The van der Waals surface area contributed by atoms with Gasteiger partial charge in [0.25, 0.3) is 0 Å². The minimum absolute atomic E-state index is 0.219. The Kier molecular flexibility index (Phi) is 4.80. The lowest BCUT2D eigenvalue weighted by Gasteiger charge is -2.16. The molecule has 1 aromatic carbocycles. The predicted molar refractivity (Wildman–Crippen MR) is 81.9 cm³/mol. The summed E-state index contributed by atoms with van der Waals surface area (Å²) < 4.78 is 40.6. The first-order valence-electron chi connectivity index (χ1n) is 5.05. The van der Waals surface area contributed by atoms with Gasteiger partial charge in [-0.2, -0.15) is 13.2 Å². The van der Waals surface area contributed by atoms with E-state index in [1.165, 1.54) is 23.5 Å². The van der Waals surface area contributed by atoms with Crippen LogP contribution in [0.3, 0.4) is 0 Å². The largest absolute Gasteiger partial charge is 0.416 e. The van der Waals surface area contributed by atoms with Crippen LogP contribution in [0.15, 0.2) is 38.6 Å². The highest BCUT2D eigenvalue weighted by molar-refractivity contribution is 9.13. The molecule has 0 N–H and O–H groups in total. The number of benzene rings is 1. The van der Waals surface area contributed by atoms with E-state index in [1.807, 2.05) is 0 Å². The zero-order valence-electron chi connectivity index (χ0n) is 9.14. The average molecular weight is 479 g/mol. The molecule has 0 saturated carbocycles. The molecule has 2 rings (SSSR count). The van der Waals surface area contributed by atoms with Gasteiger partial charge in [-0.3, -0.25) is 0 Å². The zero-order valence-corrected chi connectivity index (χ0v) is 14.7. The van der Waals surface area contributed by atoms with Gasteiger partial charge in [-0.15, -0.1) is 11.3 Å². The van der Waals surface area contributed by atoms with Crippen LogP contribution in [-0.4, -0.2) is 0 Å². The number of thiophene rings is 1. The number of hydrogen-bond donors (Lipinski definition) is 0. The van der Waals surface area contributed by atoms with E-state index in [9.17, 15) is 13.2 Å². The summed E-state index contributed by atoms with van der Waals surface area (Å²) in [5.41, 5.74) is -0.395. The van der Waals surface area contributed by atoms with E-state index in [-0.39, 0.29) is 5.56 Å². The Bertz CT molecular complexity index is 573. The first kappa shape index (κ1) is 15.5. The number of alkyl halides is 4. The summed E-state index contributed by atoms with van der Waals surface area (Å²) in [4.78, 5) is 0.313. The number of rotatable bonds is 2. The SMILES string of the molecule is FC(F)(F)c1ccccc1C(Br)c1cc(Br)c(Br)s1. The monoisotopic (exact) mass is 476 g/mol. The molecule has 1 heterocycles. The Morgan fingerprint density at radius 3 is 2.26 bits per heavy atom. The summed E-state index contributed by atoms with van der Waals surface area (Å²) in [5.74, 6) is 0. The van der Waals surface area contributed by atoms with Gasteiger partial charge in [0.05, 0.1) is 14.2 Å². The fraction of sp³-hybridized carbons (Fsp3) is 0.167. The van der Waals surface area contributed by atoms with Gasteiger partial charge in [-0.25, -0.2) is 0 Å². The van der Waals surface area contributed by atoms with Gasteiger partial charge in [0.15, 0.2) is 0 Å². The molecule has 0 bridgehead atoms. The van der Waals surface area contributed by atoms with Crippen molar-refractivity contribution >= 4 is 59.1 Å². The van der Waals surface area contributed by atoms with Crippen molar-refractivity contribution in [3.63, 3.8) is 0 Å². The van der Waals surface area contributed by atoms with E-state index in [0.717, 1.165) is 19.2 Å². The van der Waals surface area contributed by atoms with Crippen molar-refractivity contribution in [1.82, 2.24) is 0 Å². The van der Waals surface area contributed by atoms with E-state index in [1.54, 1.807) is 12.1 Å². The molecule has 0 aliphatic carbocycles. The lowest BCUT2D eigenvalue weighted by molar-refractivity contribution is -0.138. The normalized spacial score (nSPS) is 13.6. The van der Waals surface area contributed by atoms with E-state index in [0.29, 0.717) is 0 Å². The fourth-order valence-electron chi connectivity index (χ4n) is 1.62.